The van der Waals surface area contributed by atoms with Crippen LogP contribution in [-0.4, -0.2) is 9.97 Å². The van der Waals surface area contributed by atoms with Gasteiger partial charge in [0.05, 0.1) is 16.1 Å². The van der Waals surface area contributed by atoms with Gasteiger partial charge in [-0.05, 0) is 31.0 Å². The molecule has 0 amide bonds. The van der Waals surface area contributed by atoms with Gasteiger partial charge in [0.15, 0.2) is 0 Å². The Bertz CT molecular complexity index is 427. The number of halogens is 1. The maximum Gasteiger partial charge on any atom is 0.0897 e. The summed E-state index contributed by atoms with van der Waals surface area (Å²) in [5.41, 5.74) is 2.16. The second-order valence-corrected chi connectivity index (χ2v) is 4.91. The first kappa shape index (κ1) is 10.6. The molecule has 2 aromatic rings. The molecule has 0 saturated heterocycles. The van der Waals surface area contributed by atoms with Gasteiger partial charge >= 0.3 is 0 Å². The summed E-state index contributed by atoms with van der Waals surface area (Å²) in [6.07, 6.45) is 4.36. The average Bonchev–Trinajstić information content (AvgIpc) is 2.66. The first-order valence-corrected chi connectivity index (χ1v) is 6.02. The number of hydrogen-bond donors (Lipinski definition) is 0. The van der Waals surface area contributed by atoms with E-state index in [4.69, 9.17) is 11.6 Å². The van der Waals surface area contributed by atoms with E-state index in [-0.39, 0.29) is 5.38 Å². The summed E-state index contributed by atoms with van der Waals surface area (Å²) in [5, 5.41) is 3.04. The van der Waals surface area contributed by atoms with Crippen LogP contribution in [0.15, 0.2) is 29.9 Å². The molecule has 1 unspecified atom stereocenters. The molecule has 0 saturated carbocycles. The Balaban J connectivity index is 2.07. The number of thiazole rings is 1. The normalized spacial score (nSPS) is 12.7. The molecule has 2 nitrogen and oxygen atoms in total. The van der Waals surface area contributed by atoms with E-state index in [0.717, 1.165) is 17.1 Å². The molecule has 2 heterocycles. The van der Waals surface area contributed by atoms with E-state index in [1.165, 1.54) is 5.56 Å². The van der Waals surface area contributed by atoms with Crippen LogP contribution in [-0.2, 0) is 6.42 Å². The van der Waals surface area contributed by atoms with Gasteiger partial charge < -0.3 is 0 Å². The summed E-state index contributed by atoms with van der Waals surface area (Å²) in [4.78, 5) is 8.35. The molecule has 0 aromatic carbocycles. The summed E-state index contributed by atoms with van der Waals surface area (Å²) < 4.78 is 0. The van der Waals surface area contributed by atoms with Crippen molar-refractivity contribution >= 4 is 22.9 Å². The highest BCUT2D eigenvalue weighted by molar-refractivity contribution is 7.09. The van der Waals surface area contributed by atoms with E-state index in [1.54, 1.807) is 23.7 Å². The fraction of sp³-hybridized carbons (Fsp3) is 0.273. The largest absolute Gasteiger partial charge is 0.265 e. The van der Waals surface area contributed by atoms with Gasteiger partial charge in [0, 0.05) is 17.8 Å². The fourth-order valence-corrected chi connectivity index (χ4v) is 2.39. The third-order valence-corrected chi connectivity index (χ3v) is 3.29. The Kier molecular flexibility index (Phi) is 3.34. The minimum atomic E-state index is -0.0441. The highest BCUT2D eigenvalue weighted by Gasteiger charge is 2.11. The number of pyridine rings is 1. The quantitative estimate of drug-likeness (QED) is 0.767. The van der Waals surface area contributed by atoms with E-state index < -0.39 is 0 Å². The molecule has 2 aromatic heterocycles. The molecule has 2 rings (SSSR count). The van der Waals surface area contributed by atoms with Gasteiger partial charge in [0.2, 0.25) is 0 Å². The number of rotatable bonds is 3. The minimum Gasteiger partial charge on any atom is -0.265 e. The van der Waals surface area contributed by atoms with Gasteiger partial charge in [-0.25, -0.2) is 4.98 Å². The molecule has 15 heavy (non-hydrogen) atoms. The number of alkyl halides is 1. The summed E-state index contributed by atoms with van der Waals surface area (Å²) in [6, 6.07) is 3.96. The third-order valence-electron chi connectivity index (χ3n) is 2.12. The molecule has 4 heteroatoms. The summed E-state index contributed by atoms with van der Waals surface area (Å²) in [5.74, 6) is 0. The van der Waals surface area contributed by atoms with Crippen molar-refractivity contribution < 1.29 is 0 Å². The third kappa shape index (κ3) is 2.76. The van der Waals surface area contributed by atoms with Gasteiger partial charge in [-0.15, -0.1) is 22.9 Å². The molecule has 0 fully saturated rings. The van der Waals surface area contributed by atoms with Gasteiger partial charge in [0.25, 0.3) is 0 Å². The molecule has 1 atom stereocenters. The topological polar surface area (TPSA) is 25.8 Å². The van der Waals surface area contributed by atoms with Crippen LogP contribution >= 0.6 is 22.9 Å². The van der Waals surface area contributed by atoms with Crippen LogP contribution in [0.2, 0.25) is 0 Å². The molecule has 0 aliphatic carbocycles. The van der Waals surface area contributed by atoms with Gasteiger partial charge in [-0.1, -0.05) is 0 Å². The van der Waals surface area contributed by atoms with Crippen molar-refractivity contribution in [1.82, 2.24) is 9.97 Å². The summed E-state index contributed by atoms with van der Waals surface area (Å²) in [7, 11) is 0. The first-order valence-electron chi connectivity index (χ1n) is 4.70. The molecule has 0 radical (unpaired) electrons. The average molecular weight is 239 g/mol. The highest BCUT2D eigenvalue weighted by atomic mass is 35.5. The summed E-state index contributed by atoms with van der Waals surface area (Å²) in [6.45, 7) is 1.99. The molecule has 0 spiro atoms. The second kappa shape index (κ2) is 4.73. The standard InChI is InChI=1S/C11H11ClN2S/c1-8-14-11(7-15-8)10(12)6-9-2-4-13-5-3-9/h2-5,7,10H,6H2,1H3. The Labute approximate surface area is 98.0 Å². The van der Waals surface area contributed by atoms with Crippen molar-refractivity contribution in [3.05, 3.63) is 46.2 Å². The zero-order chi connectivity index (χ0) is 10.7. The molecule has 0 aliphatic heterocycles. The van der Waals surface area contributed by atoms with E-state index >= 15 is 0 Å². The van der Waals surface area contributed by atoms with Crippen molar-refractivity contribution in [2.24, 2.45) is 0 Å². The Morgan fingerprint density at radius 3 is 2.73 bits per heavy atom. The lowest BCUT2D eigenvalue weighted by Crippen LogP contribution is -1.96. The van der Waals surface area contributed by atoms with Crippen molar-refractivity contribution in [1.29, 1.82) is 0 Å². The zero-order valence-corrected chi connectivity index (χ0v) is 9.92. The van der Waals surface area contributed by atoms with E-state index in [9.17, 15) is 0 Å². The lowest BCUT2D eigenvalue weighted by molar-refractivity contribution is 0.880. The monoisotopic (exact) mass is 238 g/mol. The predicted octanol–water partition coefficient (Wildman–Crippen LogP) is 3.37. The smallest absolute Gasteiger partial charge is 0.0897 e. The maximum atomic E-state index is 6.28. The second-order valence-electron chi connectivity index (χ2n) is 3.32. The van der Waals surface area contributed by atoms with Crippen LogP contribution in [0.3, 0.4) is 0 Å². The molecule has 0 bridgehead atoms. The molecular weight excluding hydrogens is 228 g/mol. The van der Waals surface area contributed by atoms with Crippen molar-refractivity contribution in [2.75, 3.05) is 0 Å². The SMILES string of the molecule is Cc1nc(C(Cl)Cc2ccncc2)cs1. The number of hydrogen-bond acceptors (Lipinski definition) is 3. The van der Waals surface area contributed by atoms with Crippen LogP contribution in [0.5, 0.6) is 0 Å². The van der Waals surface area contributed by atoms with Crippen LogP contribution in [0.4, 0.5) is 0 Å². The van der Waals surface area contributed by atoms with Crippen molar-refractivity contribution in [2.45, 2.75) is 18.7 Å². The van der Waals surface area contributed by atoms with E-state index in [1.807, 2.05) is 24.4 Å². The fourth-order valence-electron chi connectivity index (χ4n) is 1.35. The molecule has 78 valence electrons. The van der Waals surface area contributed by atoms with E-state index in [0.29, 0.717) is 0 Å². The lowest BCUT2D eigenvalue weighted by atomic mass is 10.1. The van der Waals surface area contributed by atoms with Gasteiger partial charge in [0.1, 0.15) is 0 Å². The zero-order valence-electron chi connectivity index (χ0n) is 8.35. The predicted molar refractivity (Wildman–Crippen MR) is 63.4 cm³/mol. The van der Waals surface area contributed by atoms with Crippen LogP contribution in [0.1, 0.15) is 21.6 Å². The molecular formula is C11H11ClN2S. The van der Waals surface area contributed by atoms with Crippen LogP contribution in [0, 0.1) is 6.92 Å². The molecule has 0 N–H and O–H groups in total. The Hall–Kier alpha value is -0.930. The first-order chi connectivity index (χ1) is 7.25. The summed E-state index contributed by atoms with van der Waals surface area (Å²) >= 11 is 7.91. The number of aryl methyl sites for hydroxylation is 1. The van der Waals surface area contributed by atoms with E-state index in [2.05, 4.69) is 9.97 Å². The van der Waals surface area contributed by atoms with Gasteiger partial charge in [-0.2, -0.15) is 0 Å². The lowest BCUT2D eigenvalue weighted by Gasteiger charge is -2.05. The Morgan fingerprint density at radius 2 is 2.13 bits per heavy atom. The van der Waals surface area contributed by atoms with Gasteiger partial charge in [-0.3, -0.25) is 4.98 Å². The number of aromatic nitrogens is 2. The van der Waals surface area contributed by atoms with Crippen LogP contribution in [0.25, 0.3) is 0 Å². The van der Waals surface area contributed by atoms with Crippen LogP contribution < -0.4 is 0 Å². The number of nitrogens with zero attached hydrogens (tertiary/aromatic N) is 2. The van der Waals surface area contributed by atoms with Crippen molar-refractivity contribution in [3.63, 3.8) is 0 Å². The van der Waals surface area contributed by atoms with Crippen molar-refractivity contribution in [3.8, 4) is 0 Å². The maximum absolute atomic E-state index is 6.28. The minimum absolute atomic E-state index is 0.0441. The highest BCUT2D eigenvalue weighted by Crippen LogP contribution is 2.25. The molecule has 0 aliphatic rings. The Morgan fingerprint density at radius 1 is 1.40 bits per heavy atom.